The van der Waals surface area contributed by atoms with Gasteiger partial charge in [-0.25, -0.2) is 4.79 Å². The Labute approximate surface area is 107 Å². The molecule has 2 aromatic rings. The molecule has 3 heteroatoms. The highest BCUT2D eigenvalue weighted by atomic mass is 16.4. The van der Waals surface area contributed by atoms with Gasteiger partial charge in [0.15, 0.2) is 0 Å². The third kappa shape index (κ3) is 2.92. The van der Waals surface area contributed by atoms with Crippen molar-refractivity contribution in [3.8, 4) is 0 Å². The summed E-state index contributed by atoms with van der Waals surface area (Å²) < 4.78 is 5.22. The number of aryl methyl sites for hydroxylation is 1. The van der Waals surface area contributed by atoms with Crippen LogP contribution < -0.4 is 10.9 Å². The van der Waals surface area contributed by atoms with E-state index < -0.39 is 0 Å². The second-order valence-electron chi connectivity index (χ2n) is 4.59. The molecule has 1 N–H and O–H groups in total. The van der Waals surface area contributed by atoms with E-state index in [0.29, 0.717) is 5.58 Å². The summed E-state index contributed by atoms with van der Waals surface area (Å²) >= 11 is 0. The molecular formula is C15H19NO2. The quantitative estimate of drug-likeness (QED) is 0.645. The van der Waals surface area contributed by atoms with Crippen LogP contribution >= 0.6 is 0 Å². The van der Waals surface area contributed by atoms with Gasteiger partial charge in [-0.2, -0.15) is 0 Å². The molecule has 96 valence electrons. The first kappa shape index (κ1) is 12.7. The van der Waals surface area contributed by atoms with Gasteiger partial charge >= 0.3 is 5.63 Å². The van der Waals surface area contributed by atoms with Gasteiger partial charge in [0.05, 0.1) is 0 Å². The summed E-state index contributed by atoms with van der Waals surface area (Å²) in [6.45, 7) is 5.07. The van der Waals surface area contributed by atoms with E-state index >= 15 is 0 Å². The highest BCUT2D eigenvalue weighted by Gasteiger charge is 2.02. The van der Waals surface area contributed by atoms with Crippen LogP contribution in [0, 0.1) is 6.92 Å². The standard InChI is InChI=1S/C15H19NO2/c1-3-4-5-8-16-12-6-7-13-11(2)9-15(17)18-14(13)10-12/h6-7,9-10,16H,3-5,8H2,1-2H3. The maximum Gasteiger partial charge on any atom is 0.336 e. The van der Waals surface area contributed by atoms with Crippen molar-refractivity contribution >= 4 is 16.7 Å². The van der Waals surface area contributed by atoms with Crippen LogP contribution in [-0.2, 0) is 0 Å². The first-order valence-electron chi connectivity index (χ1n) is 6.49. The molecule has 0 atom stereocenters. The number of unbranched alkanes of at least 4 members (excludes halogenated alkanes) is 2. The van der Waals surface area contributed by atoms with E-state index in [0.717, 1.165) is 29.6 Å². The lowest BCUT2D eigenvalue weighted by Gasteiger charge is -2.07. The van der Waals surface area contributed by atoms with Gasteiger partial charge in [-0.1, -0.05) is 19.8 Å². The minimum atomic E-state index is -0.289. The van der Waals surface area contributed by atoms with Crippen LogP contribution in [0.15, 0.2) is 33.5 Å². The molecule has 1 aromatic carbocycles. The zero-order valence-electron chi connectivity index (χ0n) is 11.0. The number of fused-ring (bicyclic) bond motifs is 1. The monoisotopic (exact) mass is 245 g/mol. The SMILES string of the molecule is CCCCCNc1ccc2c(C)cc(=O)oc2c1. The molecule has 0 saturated heterocycles. The van der Waals surface area contributed by atoms with Crippen molar-refractivity contribution in [1.82, 2.24) is 0 Å². The van der Waals surface area contributed by atoms with Gasteiger partial charge in [0, 0.05) is 29.8 Å². The van der Waals surface area contributed by atoms with Gasteiger partial charge in [-0.15, -0.1) is 0 Å². The Morgan fingerprint density at radius 2 is 2.06 bits per heavy atom. The molecule has 0 unspecified atom stereocenters. The minimum absolute atomic E-state index is 0.289. The van der Waals surface area contributed by atoms with Crippen molar-refractivity contribution in [2.45, 2.75) is 33.1 Å². The summed E-state index contributed by atoms with van der Waals surface area (Å²) in [7, 11) is 0. The highest BCUT2D eigenvalue weighted by molar-refractivity contribution is 5.83. The predicted molar refractivity (Wildman–Crippen MR) is 75.2 cm³/mol. The molecule has 0 amide bonds. The number of hydrogen-bond donors (Lipinski definition) is 1. The van der Waals surface area contributed by atoms with E-state index in [2.05, 4.69) is 12.2 Å². The van der Waals surface area contributed by atoms with Crippen molar-refractivity contribution in [1.29, 1.82) is 0 Å². The Hall–Kier alpha value is -1.77. The fourth-order valence-electron chi connectivity index (χ4n) is 2.04. The van der Waals surface area contributed by atoms with E-state index in [-0.39, 0.29) is 5.63 Å². The minimum Gasteiger partial charge on any atom is -0.423 e. The number of hydrogen-bond acceptors (Lipinski definition) is 3. The van der Waals surface area contributed by atoms with E-state index in [9.17, 15) is 4.79 Å². The summed E-state index contributed by atoms with van der Waals surface area (Å²) in [5.74, 6) is 0. The third-order valence-corrected chi connectivity index (χ3v) is 3.06. The molecule has 2 rings (SSSR count). The largest absolute Gasteiger partial charge is 0.423 e. The van der Waals surface area contributed by atoms with Gasteiger partial charge in [0.2, 0.25) is 0 Å². The molecule has 0 spiro atoms. The van der Waals surface area contributed by atoms with E-state index in [4.69, 9.17) is 4.42 Å². The second-order valence-corrected chi connectivity index (χ2v) is 4.59. The van der Waals surface area contributed by atoms with Gasteiger partial charge in [0.1, 0.15) is 5.58 Å². The summed E-state index contributed by atoms with van der Waals surface area (Å²) in [6, 6.07) is 7.45. The molecule has 0 aliphatic heterocycles. The Morgan fingerprint density at radius 3 is 2.83 bits per heavy atom. The molecule has 18 heavy (non-hydrogen) atoms. The molecule has 0 saturated carbocycles. The summed E-state index contributed by atoms with van der Waals surface area (Å²) in [5.41, 5.74) is 2.33. The first-order valence-corrected chi connectivity index (χ1v) is 6.49. The maximum absolute atomic E-state index is 11.3. The fraction of sp³-hybridized carbons (Fsp3) is 0.400. The van der Waals surface area contributed by atoms with Crippen LogP contribution in [0.3, 0.4) is 0 Å². The Balaban J connectivity index is 2.19. The maximum atomic E-state index is 11.3. The molecule has 0 fully saturated rings. The lowest BCUT2D eigenvalue weighted by Crippen LogP contribution is -2.02. The lowest BCUT2D eigenvalue weighted by atomic mass is 10.1. The van der Waals surface area contributed by atoms with Gasteiger partial charge < -0.3 is 9.73 Å². The summed E-state index contributed by atoms with van der Waals surface area (Å²) in [4.78, 5) is 11.3. The van der Waals surface area contributed by atoms with Crippen molar-refractivity contribution in [2.75, 3.05) is 11.9 Å². The van der Waals surface area contributed by atoms with Gasteiger partial charge in [-0.3, -0.25) is 0 Å². The van der Waals surface area contributed by atoms with Crippen LogP contribution in [0.1, 0.15) is 31.7 Å². The predicted octanol–water partition coefficient (Wildman–Crippen LogP) is 3.70. The van der Waals surface area contributed by atoms with Gasteiger partial charge in [-0.05, 0) is 31.0 Å². The van der Waals surface area contributed by atoms with Crippen molar-refractivity contribution < 1.29 is 4.42 Å². The van der Waals surface area contributed by atoms with Crippen molar-refractivity contribution in [3.63, 3.8) is 0 Å². The molecule has 0 aliphatic carbocycles. The van der Waals surface area contributed by atoms with Crippen LogP contribution in [0.2, 0.25) is 0 Å². The average Bonchev–Trinajstić information content (AvgIpc) is 2.34. The van der Waals surface area contributed by atoms with Crippen molar-refractivity contribution in [3.05, 3.63) is 40.2 Å². The Bertz CT molecular complexity index is 587. The fourth-order valence-corrected chi connectivity index (χ4v) is 2.04. The van der Waals surface area contributed by atoms with E-state index in [1.54, 1.807) is 0 Å². The lowest BCUT2D eigenvalue weighted by molar-refractivity contribution is 0.560. The first-order chi connectivity index (χ1) is 8.70. The number of nitrogens with one attached hydrogen (secondary N) is 1. The summed E-state index contributed by atoms with van der Waals surface area (Å²) in [6.07, 6.45) is 3.61. The third-order valence-electron chi connectivity index (χ3n) is 3.06. The van der Waals surface area contributed by atoms with Gasteiger partial charge in [0.25, 0.3) is 0 Å². The summed E-state index contributed by atoms with van der Waals surface area (Å²) in [5, 5.41) is 4.34. The smallest absolute Gasteiger partial charge is 0.336 e. The normalized spacial score (nSPS) is 10.8. The molecule has 0 bridgehead atoms. The number of benzene rings is 1. The van der Waals surface area contributed by atoms with E-state index in [1.807, 2.05) is 25.1 Å². The van der Waals surface area contributed by atoms with Crippen LogP contribution in [0.5, 0.6) is 0 Å². The zero-order chi connectivity index (χ0) is 13.0. The molecule has 1 aromatic heterocycles. The second kappa shape index (κ2) is 5.71. The van der Waals surface area contributed by atoms with E-state index in [1.165, 1.54) is 18.9 Å². The van der Waals surface area contributed by atoms with Crippen LogP contribution in [0.25, 0.3) is 11.0 Å². The molecule has 0 aliphatic rings. The molecule has 3 nitrogen and oxygen atoms in total. The van der Waals surface area contributed by atoms with Crippen LogP contribution in [0.4, 0.5) is 5.69 Å². The topological polar surface area (TPSA) is 42.2 Å². The number of rotatable bonds is 5. The zero-order valence-corrected chi connectivity index (χ0v) is 11.0. The highest BCUT2D eigenvalue weighted by Crippen LogP contribution is 2.20. The molecular weight excluding hydrogens is 226 g/mol. The average molecular weight is 245 g/mol. The molecule has 0 radical (unpaired) electrons. The Kier molecular flexibility index (Phi) is 4.03. The molecule has 1 heterocycles. The van der Waals surface area contributed by atoms with Crippen LogP contribution in [-0.4, -0.2) is 6.54 Å². The Morgan fingerprint density at radius 1 is 1.22 bits per heavy atom. The number of anilines is 1. The van der Waals surface area contributed by atoms with Crippen molar-refractivity contribution in [2.24, 2.45) is 0 Å².